The zero-order chi connectivity index (χ0) is 22.2. The van der Waals surface area contributed by atoms with Crippen LogP contribution in [0.3, 0.4) is 0 Å². The van der Waals surface area contributed by atoms with Gasteiger partial charge in [-0.1, -0.05) is 19.8 Å². The summed E-state index contributed by atoms with van der Waals surface area (Å²) in [6.45, 7) is 2.70. The first kappa shape index (κ1) is 20.6. The van der Waals surface area contributed by atoms with Crippen molar-refractivity contribution in [1.29, 1.82) is 0 Å². The van der Waals surface area contributed by atoms with E-state index < -0.39 is 5.91 Å². The predicted molar refractivity (Wildman–Crippen MR) is 125 cm³/mol. The van der Waals surface area contributed by atoms with Crippen molar-refractivity contribution in [3.05, 3.63) is 67.6 Å². The van der Waals surface area contributed by atoms with Gasteiger partial charge >= 0.3 is 0 Å². The molecule has 1 aliphatic heterocycles. The van der Waals surface area contributed by atoms with Gasteiger partial charge in [-0.3, -0.25) is 24.4 Å². The van der Waals surface area contributed by atoms with E-state index in [4.69, 9.17) is 4.98 Å². The van der Waals surface area contributed by atoms with Crippen LogP contribution in [-0.2, 0) is 19.4 Å². The molecule has 0 unspecified atom stereocenters. The third-order valence-electron chi connectivity index (χ3n) is 5.90. The molecule has 4 aromatic rings. The number of amides is 1. The molecule has 5 rings (SSSR count). The van der Waals surface area contributed by atoms with E-state index in [9.17, 15) is 14.4 Å². The molecule has 0 radical (unpaired) electrons. The number of fused-ring (bicyclic) bond motifs is 3. The van der Waals surface area contributed by atoms with Crippen LogP contribution in [0.5, 0.6) is 0 Å². The Bertz CT molecular complexity index is 1470. The molecular weight excluding hydrogens is 426 g/mol. The Balaban J connectivity index is 1.49. The smallest absolute Gasteiger partial charge is 0.280 e. The molecule has 0 atom stereocenters. The number of carbonyl (C=O) groups is 1. The van der Waals surface area contributed by atoms with E-state index in [1.165, 1.54) is 17.7 Å². The Hall–Kier alpha value is -3.33. The fourth-order valence-corrected chi connectivity index (χ4v) is 5.06. The minimum atomic E-state index is -0.463. The molecule has 164 valence electrons. The molecule has 32 heavy (non-hydrogen) atoms. The van der Waals surface area contributed by atoms with E-state index in [2.05, 4.69) is 10.4 Å². The number of aryl methyl sites for hydroxylation is 2. The van der Waals surface area contributed by atoms with Crippen molar-refractivity contribution in [1.82, 2.24) is 19.2 Å². The molecule has 3 aromatic heterocycles. The molecule has 0 spiro atoms. The van der Waals surface area contributed by atoms with Crippen LogP contribution in [0.4, 0.5) is 0 Å². The second-order valence-corrected chi connectivity index (χ2v) is 9.14. The number of hydrogen-bond acceptors (Lipinski definition) is 6. The third kappa shape index (κ3) is 3.62. The molecule has 0 saturated carbocycles. The van der Waals surface area contributed by atoms with Crippen molar-refractivity contribution in [2.75, 3.05) is 5.43 Å². The average molecular weight is 450 g/mol. The molecule has 0 bridgehead atoms. The number of aromatic nitrogens is 4. The Kier molecular flexibility index (Phi) is 5.34. The second kappa shape index (κ2) is 8.31. The maximum atomic E-state index is 13.0. The van der Waals surface area contributed by atoms with Crippen LogP contribution >= 0.6 is 11.3 Å². The number of carbonyl (C=O) groups excluding carboxylic acids is 1. The van der Waals surface area contributed by atoms with Gasteiger partial charge in [0, 0.05) is 23.4 Å². The lowest BCUT2D eigenvalue weighted by Gasteiger charge is -2.16. The molecule has 8 nitrogen and oxygen atoms in total. The first-order chi connectivity index (χ1) is 15.5. The second-order valence-electron chi connectivity index (χ2n) is 8.03. The molecule has 1 aromatic carbocycles. The van der Waals surface area contributed by atoms with Gasteiger partial charge in [0.15, 0.2) is 0 Å². The van der Waals surface area contributed by atoms with Crippen LogP contribution in [0.25, 0.3) is 21.1 Å². The molecule has 0 saturated heterocycles. The number of nitrogens with zero attached hydrogens (tertiary/aromatic N) is 4. The summed E-state index contributed by atoms with van der Waals surface area (Å²) in [4.78, 5) is 49.3. The van der Waals surface area contributed by atoms with Crippen molar-refractivity contribution in [3.63, 3.8) is 0 Å². The highest BCUT2D eigenvalue weighted by Crippen LogP contribution is 2.21. The summed E-state index contributed by atoms with van der Waals surface area (Å²) >= 11 is 1.48. The fraction of sp³-hybridized carbons (Fsp3) is 0.348. The zero-order valence-corrected chi connectivity index (χ0v) is 18.6. The van der Waals surface area contributed by atoms with E-state index in [1.807, 2.05) is 13.0 Å². The Labute approximate surface area is 187 Å². The number of nitrogens with one attached hydrogen (secondary N) is 1. The van der Waals surface area contributed by atoms with Crippen LogP contribution in [0.1, 0.15) is 53.7 Å². The van der Waals surface area contributed by atoms with E-state index >= 15 is 0 Å². The van der Waals surface area contributed by atoms with E-state index in [1.54, 1.807) is 22.8 Å². The van der Waals surface area contributed by atoms with Crippen molar-refractivity contribution in [2.45, 2.75) is 52.0 Å². The molecule has 1 amide bonds. The van der Waals surface area contributed by atoms with Gasteiger partial charge < -0.3 is 0 Å². The van der Waals surface area contributed by atoms with Gasteiger partial charge in [0.05, 0.1) is 16.3 Å². The SMILES string of the molecule is CCc1cc2c(=O)n(NC(=O)c3ccc4c(=O)n5c(nc4c3)CCCCCC5)cnc2s1. The molecule has 0 fully saturated rings. The van der Waals surface area contributed by atoms with Crippen molar-refractivity contribution >= 4 is 38.4 Å². The predicted octanol–water partition coefficient (Wildman–Crippen LogP) is 3.23. The maximum Gasteiger partial charge on any atom is 0.280 e. The minimum Gasteiger partial charge on any atom is -0.296 e. The van der Waals surface area contributed by atoms with Crippen molar-refractivity contribution in [2.24, 2.45) is 0 Å². The summed E-state index contributed by atoms with van der Waals surface area (Å²) in [6, 6.07) is 6.66. The first-order valence-electron chi connectivity index (χ1n) is 10.9. The summed E-state index contributed by atoms with van der Waals surface area (Å²) in [7, 11) is 0. The standard InChI is InChI=1S/C23H23N5O3S/c1-2-15-12-17-21(32-15)24-13-28(23(17)31)26-20(29)14-8-9-16-18(11-14)25-19-7-5-3-4-6-10-27(19)22(16)30/h8-9,11-13H,2-7,10H2,1H3,(H,26,29). The first-order valence-corrected chi connectivity index (χ1v) is 11.7. The lowest BCUT2D eigenvalue weighted by Crippen LogP contribution is -2.33. The molecule has 9 heteroatoms. The maximum absolute atomic E-state index is 13.0. The summed E-state index contributed by atoms with van der Waals surface area (Å²) in [5.41, 5.74) is 3.05. The van der Waals surface area contributed by atoms with Gasteiger partial charge in [-0.05, 0) is 43.5 Å². The van der Waals surface area contributed by atoms with Gasteiger partial charge in [0.1, 0.15) is 17.0 Å². The average Bonchev–Trinajstić information content (AvgIpc) is 3.21. The monoisotopic (exact) mass is 449 g/mol. The van der Waals surface area contributed by atoms with E-state index in [-0.39, 0.29) is 11.1 Å². The fourth-order valence-electron chi connectivity index (χ4n) is 4.14. The number of hydrogen-bond donors (Lipinski definition) is 1. The van der Waals surface area contributed by atoms with Crippen LogP contribution in [0.15, 0.2) is 40.2 Å². The highest BCUT2D eigenvalue weighted by atomic mass is 32.1. The highest BCUT2D eigenvalue weighted by Gasteiger charge is 2.16. The lowest BCUT2D eigenvalue weighted by atomic mass is 10.1. The summed E-state index contributed by atoms with van der Waals surface area (Å²) in [5, 5.41) is 0.984. The molecule has 1 aliphatic rings. The quantitative estimate of drug-likeness (QED) is 0.518. The Morgan fingerprint density at radius 2 is 1.94 bits per heavy atom. The van der Waals surface area contributed by atoms with Gasteiger partial charge in [-0.2, -0.15) is 0 Å². The van der Waals surface area contributed by atoms with Gasteiger partial charge in [0.2, 0.25) is 0 Å². The van der Waals surface area contributed by atoms with Gasteiger partial charge in [-0.15, -0.1) is 11.3 Å². The summed E-state index contributed by atoms with van der Waals surface area (Å²) < 4.78 is 2.87. The lowest BCUT2D eigenvalue weighted by molar-refractivity contribution is 0.101. The number of thiophene rings is 1. The molecular formula is C23H23N5O3S. The molecule has 0 aliphatic carbocycles. The van der Waals surface area contributed by atoms with Crippen LogP contribution in [0.2, 0.25) is 0 Å². The largest absolute Gasteiger partial charge is 0.296 e. The van der Waals surface area contributed by atoms with Crippen LogP contribution in [-0.4, -0.2) is 25.1 Å². The molecule has 1 N–H and O–H groups in total. The Morgan fingerprint density at radius 3 is 2.78 bits per heavy atom. The number of benzene rings is 1. The van der Waals surface area contributed by atoms with Crippen LogP contribution in [0, 0.1) is 0 Å². The Morgan fingerprint density at radius 1 is 1.09 bits per heavy atom. The van der Waals surface area contributed by atoms with Crippen molar-refractivity contribution in [3.8, 4) is 0 Å². The van der Waals surface area contributed by atoms with Crippen LogP contribution < -0.4 is 16.5 Å². The normalized spacial score (nSPS) is 14.2. The minimum absolute atomic E-state index is 0.0612. The van der Waals surface area contributed by atoms with Gasteiger partial charge in [-0.25, -0.2) is 14.6 Å². The third-order valence-corrected chi connectivity index (χ3v) is 7.09. The van der Waals surface area contributed by atoms with Crippen molar-refractivity contribution < 1.29 is 4.79 Å². The summed E-state index contributed by atoms with van der Waals surface area (Å²) in [6.07, 6.45) is 7.12. The highest BCUT2D eigenvalue weighted by molar-refractivity contribution is 7.18. The van der Waals surface area contributed by atoms with E-state index in [0.29, 0.717) is 33.2 Å². The summed E-state index contributed by atoms with van der Waals surface area (Å²) in [5.74, 6) is 0.310. The van der Waals surface area contributed by atoms with Gasteiger partial charge in [0.25, 0.3) is 17.0 Å². The topological polar surface area (TPSA) is 98.9 Å². The zero-order valence-electron chi connectivity index (χ0n) is 17.8. The van der Waals surface area contributed by atoms with E-state index in [0.717, 1.165) is 53.9 Å². The number of rotatable bonds is 3. The molecule has 4 heterocycles.